The van der Waals surface area contributed by atoms with E-state index in [4.69, 9.17) is 5.90 Å². The molecule has 2 unspecified atom stereocenters. The molecular weight excluding hydrogens is 338 g/mol. The minimum Gasteiger partial charge on any atom is -0.370 e. The van der Waals surface area contributed by atoms with Crippen LogP contribution < -0.4 is 10.8 Å². The second kappa shape index (κ2) is 8.44. The van der Waals surface area contributed by atoms with Gasteiger partial charge in [-0.05, 0) is 68.1 Å². The molecule has 0 amide bonds. The summed E-state index contributed by atoms with van der Waals surface area (Å²) in [4.78, 5) is 20.8. The van der Waals surface area contributed by atoms with Gasteiger partial charge in [0.2, 0.25) is 0 Å². The van der Waals surface area contributed by atoms with Crippen molar-refractivity contribution < 1.29 is 9.63 Å². The van der Waals surface area contributed by atoms with Crippen LogP contribution in [-0.2, 0) is 9.63 Å². The van der Waals surface area contributed by atoms with Gasteiger partial charge in [-0.3, -0.25) is 0 Å². The molecule has 0 spiro atoms. The van der Waals surface area contributed by atoms with Crippen LogP contribution in [0.3, 0.4) is 0 Å². The van der Waals surface area contributed by atoms with Crippen molar-refractivity contribution in [1.82, 2.24) is 4.90 Å². The molecule has 2 heterocycles. The first-order valence-electron chi connectivity index (χ1n) is 10.5. The lowest BCUT2D eigenvalue weighted by Crippen LogP contribution is -2.42. The van der Waals surface area contributed by atoms with Crippen molar-refractivity contribution in [1.29, 1.82) is 0 Å². The van der Waals surface area contributed by atoms with Gasteiger partial charge in [-0.2, -0.15) is 5.90 Å². The maximum absolute atomic E-state index is 11.3. The van der Waals surface area contributed by atoms with Crippen LogP contribution in [0.15, 0.2) is 24.3 Å². The van der Waals surface area contributed by atoms with Crippen LogP contribution in [0.5, 0.6) is 0 Å². The Hall–Kier alpha value is -1.85. The van der Waals surface area contributed by atoms with Gasteiger partial charge >= 0.3 is 5.97 Å². The smallest absolute Gasteiger partial charge is 0.349 e. The minimum absolute atomic E-state index is 0.519. The lowest BCUT2D eigenvalue weighted by molar-refractivity contribution is -0.138. The van der Waals surface area contributed by atoms with E-state index in [0.29, 0.717) is 12.0 Å². The molecule has 2 atom stereocenters. The maximum atomic E-state index is 11.3. The van der Waals surface area contributed by atoms with Gasteiger partial charge in [-0.15, -0.1) is 0 Å². The number of nitrogens with zero attached hydrogens (tertiary/aromatic N) is 2. The molecule has 1 aliphatic carbocycles. The van der Waals surface area contributed by atoms with Crippen LogP contribution in [0.2, 0.25) is 0 Å². The Kier molecular flexibility index (Phi) is 5.79. The monoisotopic (exact) mass is 369 g/mol. The van der Waals surface area contributed by atoms with Crippen molar-refractivity contribution in [2.75, 3.05) is 31.1 Å². The Morgan fingerprint density at radius 2 is 1.93 bits per heavy atom. The SMILES string of the molecule is NOC(=O)/C=C/c1ccc2c(c1)C1CCCCC1N2CCN1CCCCC1. The molecule has 4 rings (SSSR count). The summed E-state index contributed by atoms with van der Waals surface area (Å²) in [6.45, 7) is 4.82. The topological polar surface area (TPSA) is 58.8 Å². The zero-order valence-electron chi connectivity index (χ0n) is 16.1. The van der Waals surface area contributed by atoms with Crippen molar-refractivity contribution in [3.05, 3.63) is 35.4 Å². The number of carbonyl (C=O) groups is 1. The average Bonchev–Trinajstić information content (AvgIpc) is 3.04. The number of hydrogen-bond acceptors (Lipinski definition) is 5. The summed E-state index contributed by atoms with van der Waals surface area (Å²) in [5.74, 6) is 5.03. The van der Waals surface area contributed by atoms with Crippen molar-refractivity contribution in [2.45, 2.75) is 56.9 Å². The molecule has 0 radical (unpaired) electrons. The second-order valence-electron chi connectivity index (χ2n) is 8.14. The third-order valence-corrected chi connectivity index (χ3v) is 6.52. The Balaban J connectivity index is 1.53. The van der Waals surface area contributed by atoms with Gasteiger partial charge in [0.05, 0.1) is 0 Å². The molecule has 146 valence electrons. The zero-order valence-corrected chi connectivity index (χ0v) is 16.1. The summed E-state index contributed by atoms with van der Waals surface area (Å²) in [6.07, 6.45) is 12.5. The lowest BCUT2D eigenvalue weighted by Gasteiger charge is -2.36. The number of rotatable bonds is 5. The van der Waals surface area contributed by atoms with E-state index < -0.39 is 5.97 Å². The molecule has 1 saturated carbocycles. The molecule has 2 aliphatic heterocycles. The summed E-state index contributed by atoms with van der Waals surface area (Å²) in [5, 5.41) is 0. The summed E-state index contributed by atoms with van der Waals surface area (Å²) in [5.41, 5.74) is 3.91. The first kappa shape index (κ1) is 18.5. The van der Waals surface area contributed by atoms with E-state index in [1.807, 2.05) is 0 Å². The number of anilines is 1. The highest BCUT2D eigenvalue weighted by Gasteiger charge is 2.39. The molecule has 5 heteroatoms. The standard InChI is InChI=1S/C22H31N3O2/c23-27-22(26)11-9-17-8-10-21-19(16-17)18-6-2-3-7-20(18)25(21)15-14-24-12-4-1-5-13-24/h8-11,16,18,20H,1-7,12-15,23H2/b11-9+. The number of benzene rings is 1. The predicted molar refractivity (Wildman–Crippen MR) is 108 cm³/mol. The third-order valence-electron chi connectivity index (χ3n) is 6.52. The van der Waals surface area contributed by atoms with Gasteiger partial charge in [0.25, 0.3) is 0 Å². The zero-order chi connectivity index (χ0) is 18.6. The van der Waals surface area contributed by atoms with Gasteiger partial charge in [0.15, 0.2) is 0 Å². The van der Waals surface area contributed by atoms with E-state index in [-0.39, 0.29) is 0 Å². The third kappa shape index (κ3) is 4.04. The molecule has 3 aliphatic rings. The van der Waals surface area contributed by atoms with E-state index in [9.17, 15) is 4.79 Å². The Labute approximate surface area is 162 Å². The normalized spacial score (nSPS) is 25.4. The van der Waals surface area contributed by atoms with E-state index in [1.54, 1.807) is 6.08 Å². The molecule has 5 nitrogen and oxygen atoms in total. The number of piperidine rings is 1. The largest absolute Gasteiger partial charge is 0.370 e. The van der Waals surface area contributed by atoms with Crippen LogP contribution in [0, 0.1) is 0 Å². The highest BCUT2D eigenvalue weighted by molar-refractivity contribution is 5.87. The Morgan fingerprint density at radius 3 is 2.74 bits per heavy atom. The van der Waals surface area contributed by atoms with Crippen LogP contribution >= 0.6 is 0 Å². The molecule has 27 heavy (non-hydrogen) atoms. The van der Waals surface area contributed by atoms with Gasteiger partial charge in [0.1, 0.15) is 0 Å². The summed E-state index contributed by atoms with van der Waals surface area (Å²) < 4.78 is 0. The van der Waals surface area contributed by atoms with Crippen LogP contribution in [-0.4, -0.2) is 43.1 Å². The van der Waals surface area contributed by atoms with Crippen LogP contribution in [0.4, 0.5) is 5.69 Å². The lowest BCUT2D eigenvalue weighted by atomic mass is 9.82. The van der Waals surface area contributed by atoms with E-state index >= 15 is 0 Å². The number of fused-ring (bicyclic) bond motifs is 3. The molecule has 1 saturated heterocycles. The highest BCUT2D eigenvalue weighted by Crippen LogP contribution is 2.48. The fraction of sp³-hybridized carbons (Fsp3) is 0.591. The van der Waals surface area contributed by atoms with E-state index in [1.165, 1.54) is 81.9 Å². The van der Waals surface area contributed by atoms with Gasteiger partial charge < -0.3 is 14.6 Å². The maximum Gasteiger partial charge on any atom is 0.349 e. The fourth-order valence-electron chi connectivity index (χ4n) is 5.18. The molecule has 1 aromatic rings. The summed E-state index contributed by atoms with van der Waals surface area (Å²) in [6, 6.07) is 7.26. The highest BCUT2D eigenvalue weighted by atomic mass is 16.7. The summed E-state index contributed by atoms with van der Waals surface area (Å²) >= 11 is 0. The van der Waals surface area contributed by atoms with Crippen molar-refractivity contribution >= 4 is 17.7 Å². The first-order chi connectivity index (χ1) is 13.3. The Morgan fingerprint density at radius 1 is 1.11 bits per heavy atom. The molecule has 2 fully saturated rings. The second-order valence-corrected chi connectivity index (χ2v) is 8.14. The van der Waals surface area contributed by atoms with E-state index in [0.717, 1.165) is 12.1 Å². The van der Waals surface area contributed by atoms with Crippen molar-refractivity contribution in [3.8, 4) is 0 Å². The molecular formula is C22H31N3O2. The first-order valence-corrected chi connectivity index (χ1v) is 10.5. The average molecular weight is 370 g/mol. The quantitative estimate of drug-likeness (QED) is 0.636. The molecule has 1 aromatic carbocycles. The predicted octanol–water partition coefficient (Wildman–Crippen LogP) is 3.45. The number of carbonyl (C=O) groups excluding carboxylic acids is 1. The number of likely N-dealkylation sites (tertiary alicyclic amines) is 1. The van der Waals surface area contributed by atoms with Crippen LogP contribution in [0.25, 0.3) is 6.08 Å². The van der Waals surface area contributed by atoms with Crippen molar-refractivity contribution in [2.24, 2.45) is 5.90 Å². The van der Waals surface area contributed by atoms with Gasteiger partial charge in [0, 0.05) is 36.8 Å². The van der Waals surface area contributed by atoms with Gasteiger partial charge in [-0.25, -0.2) is 4.79 Å². The molecule has 0 aromatic heterocycles. The van der Waals surface area contributed by atoms with Crippen LogP contribution in [0.1, 0.15) is 62.0 Å². The van der Waals surface area contributed by atoms with E-state index in [2.05, 4.69) is 32.8 Å². The molecule has 0 bridgehead atoms. The van der Waals surface area contributed by atoms with Crippen molar-refractivity contribution in [3.63, 3.8) is 0 Å². The Bertz CT molecular complexity index is 697. The fourth-order valence-corrected chi connectivity index (χ4v) is 5.18. The molecule has 2 N–H and O–H groups in total. The number of nitrogens with two attached hydrogens (primary N) is 1. The summed E-state index contributed by atoms with van der Waals surface area (Å²) in [7, 11) is 0. The minimum atomic E-state index is -0.519. The number of hydrogen-bond donors (Lipinski definition) is 1. The van der Waals surface area contributed by atoms with Gasteiger partial charge in [-0.1, -0.05) is 25.3 Å².